The van der Waals surface area contributed by atoms with E-state index in [0.29, 0.717) is 0 Å². The molecule has 4 rings (SSSR count). The van der Waals surface area contributed by atoms with E-state index in [1.165, 1.54) is 45.0 Å². The molecule has 0 bridgehead atoms. The van der Waals surface area contributed by atoms with Crippen molar-refractivity contribution in [2.45, 2.75) is 19.8 Å². The summed E-state index contributed by atoms with van der Waals surface area (Å²) < 4.78 is 0. The van der Waals surface area contributed by atoms with Gasteiger partial charge in [0.2, 0.25) is 0 Å². The lowest BCUT2D eigenvalue weighted by Crippen LogP contribution is -1.85. The summed E-state index contributed by atoms with van der Waals surface area (Å²) in [6.07, 6.45) is 2.33. The van der Waals surface area contributed by atoms with E-state index in [9.17, 15) is 0 Å². The quantitative estimate of drug-likeness (QED) is 0.350. The van der Waals surface area contributed by atoms with Crippen LogP contribution < -0.4 is 0 Å². The molecule has 0 nitrogen and oxygen atoms in total. The number of aryl methyl sites for hydroxylation is 1. The number of benzene rings is 4. The highest BCUT2D eigenvalue weighted by molar-refractivity contribution is 6.30. The van der Waals surface area contributed by atoms with Gasteiger partial charge in [-0.15, -0.1) is 0 Å². The molecule has 0 unspecified atom stereocenters. The highest BCUT2D eigenvalue weighted by atomic mass is 35.5. The zero-order chi connectivity index (χ0) is 17.9. The number of fused-ring (bicyclic) bond motifs is 1. The van der Waals surface area contributed by atoms with Crippen LogP contribution in [0.2, 0.25) is 5.02 Å². The standard InChI is InChI=1S/C25H21Cl/c1-2-3-18-4-5-24-17-23(11-10-22(24)16-18)21-8-6-19(7-9-21)20-12-14-25(26)15-13-20/h4-17H,2-3H2,1H3. The van der Waals surface area contributed by atoms with E-state index in [4.69, 9.17) is 11.6 Å². The first-order chi connectivity index (χ1) is 12.7. The van der Waals surface area contributed by atoms with E-state index in [0.717, 1.165) is 11.4 Å². The molecular weight excluding hydrogens is 336 g/mol. The van der Waals surface area contributed by atoms with E-state index in [1.807, 2.05) is 12.1 Å². The highest BCUT2D eigenvalue weighted by Crippen LogP contribution is 2.28. The summed E-state index contributed by atoms with van der Waals surface area (Å²) in [5, 5.41) is 3.38. The topological polar surface area (TPSA) is 0 Å². The van der Waals surface area contributed by atoms with Gasteiger partial charge in [-0.25, -0.2) is 0 Å². The van der Waals surface area contributed by atoms with Crippen LogP contribution in [0.5, 0.6) is 0 Å². The first kappa shape index (κ1) is 16.9. The minimum Gasteiger partial charge on any atom is -0.0843 e. The molecule has 4 aromatic rings. The van der Waals surface area contributed by atoms with E-state index in [2.05, 4.69) is 79.7 Å². The molecule has 0 spiro atoms. The molecule has 0 aromatic heterocycles. The molecule has 0 aliphatic carbocycles. The van der Waals surface area contributed by atoms with Gasteiger partial charge in [0.15, 0.2) is 0 Å². The van der Waals surface area contributed by atoms with Crippen molar-refractivity contribution in [3.8, 4) is 22.3 Å². The van der Waals surface area contributed by atoms with Gasteiger partial charge in [-0.05, 0) is 63.2 Å². The molecule has 0 aliphatic rings. The Labute approximate surface area is 160 Å². The molecule has 0 fully saturated rings. The van der Waals surface area contributed by atoms with Crippen LogP contribution in [0.4, 0.5) is 0 Å². The lowest BCUT2D eigenvalue weighted by molar-refractivity contribution is 0.924. The van der Waals surface area contributed by atoms with Crippen LogP contribution in [0.15, 0.2) is 84.9 Å². The largest absolute Gasteiger partial charge is 0.0843 e. The minimum atomic E-state index is 0.767. The second kappa shape index (κ2) is 7.35. The predicted molar refractivity (Wildman–Crippen MR) is 114 cm³/mol. The van der Waals surface area contributed by atoms with Crippen molar-refractivity contribution in [2.75, 3.05) is 0 Å². The van der Waals surface area contributed by atoms with Crippen LogP contribution in [0, 0.1) is 0 Å². The Morgan fingerprint density at radius 1 is 0.577 bits per heavy atom. The van der Waals surface area contributed by atoms with Crippen molar-refractivity contribution in [3.05, 3.63) is 95.5 Å². The SMILES string of the molecule is CCCc1ccc2cc(-c3ccc(-c4ccc(Cl)cc4)cc3)ccc2c1. The molecule has 0 aliphatic heterocycles. The second-order valence-corrected chi connectivity index (χ2v) is 7.17. The van der Waals surface area contributed by atoms with Gasteiger partial charge in [0.05, 0.1) is 0 Å². The van der Waals surface area contributed by atoms with Crippen molar-refractivity contribution in [1.29, 1.82) is 0 Å². The van der Waals surface area contributed by atoms with Gasteiger partial charge in [-0.1, -0.05) is 91.7 Å². The smallest absolute Gasteiger partial charge is 0.0406 e. The number of halogens is 1. The average Bonchev–Trinajstić information content (AvgIpc) is 2.69. The van der Waals surface area contributed by atoms with E-state index in [1.54, 1.807) is 0 Å². The fourth-order valence-corrected chi connectivity index (χ4v) is 3.54. The molecule has 0 saturated carbocycles. The number of rotatable bonds is 4. The third kappa shape index (κ3) is 3.52. The maximum absolute atomic E-state index is 5.98. The highest BCUT2D eigenvalue weighted by Gasteiger charge is 2.03. The summed E-state index contributed by atoms with van der Waals surface area (Å²) in [5.74, 6) is 0. The molecule has 0 atom stereocenters. The summed E-state index contributed by atoms with van der Waals surface area (Å²) in [6.45, 7) is 2.22. The van der Waals surface area contributed by atoms with Crippen LogP contribution in [-0.2, 0) is 6.42 Å². The third-order valence-corrected chi connectivity index (χ3v) is 5.09. The van der Waals surface area contributed by atoms with Crippen LogP contribution in [0.1, 0.15) is 18.9 Å². The minimum absolute atomic E-state index is 0.767. The number of hydrogen-bond donors (Lipinski definition) is 0. The summed E-state index contributed by atoms with van der Waals surface area (Å²) in [4.78, 5) is 0. The lowest BCUT2D eigenvalue weighted by Gasteiger charge is -2.08. The van der Waals surface area contributed by atoms with Crippen molar-refractivity contribution >= 4 is 22.4 Å². The van der Waals surface area contributed by atoms with E-state index in [-0.39, 0.29) is 0 Å². The van der Waals surface area contributed by atoms with Gasteiger partial charge in [0.1, 0.15) is 0 Å². The number of hydrogen-bond acceptors (Lipinski definition) is 0. The average molecular weight is 357 g/mol. The van der Waals surface area contributed by atoms with Crippen LogP contribution in [-0.4, -0.2) is 0 Å². The molecule has 0 saturated heterocycles. The molecule has 26 heavy (non-hydrogen) atoms. The Morgan fingerprint density at radius 2 is 1.08 bits per heavy atom. The van der Waals surface area contributed by atoms with Gasteiger partial charge in [0.25, 0.3) is 0 Å². The first-order valence-corrected chi connectivity index (χ1v) is 9.50. The van der Waals surface area contributed by atoms with E-state index >= 15 is 0 Å². The lowest BCUT2D eigenvalue weighted by atomic mass is 9.97. The van der Waals surface area contributed by atoms with Gasteiger partial charge >= 0.3 is 0 Å². The van der Waals surface area contributed by atoms with Crippen LogP contribution in [0.3, 0.4) is 0 Å². The van der Waals surface area contributed by atoms with Gasteiger partial charge in [0, 0.05) is 5.02 Å². The second-order valence-electron chi connectivity index (χ2n) is 6.73. The molecule has 0 N–H and O–H groups in total. The zero-order valence-electron chi connectivity index (χ0n) is 14.9. The maximum atomic E-state index is 5.98. The summed E-state index contributed by atoms with van der Waals surface area (Å²) in [5.41, 5.74) is 6.30. The van der Waals surface area contributed by atoms with E-state index < -0.39 is 0 Å². The van der Waals surface area contributed by atoms with Gasteiger partial charge in [-0.2, -0.15) is 0 Å². The van der Waals surface area contributed by atoms with Crippen molar-refractivity contribution < 1.29 is 0 Å². The fraction of sp³-hybridized carbons (Fsp3) is 0.120. The van der Waals surface area contributed by atoms with Crippen molar-refractivity contribution in [1.82, 2.24) is 0 Å². The molecular formula is C25H21Cl. The molecule has 0 heterocycles. The molecule has 0 radical (unpaired) electrons. The maximum Gasteiger partial charge on any atom is 0.0406 e. The summed E-state index contributed by atoms with van der Waals surface area (Å²) in [7, 11) is 0. The summed E-state index contributed by atoms with van der Waals surface area (Å²) >= 11 is 5.98. The fourth-order valence-electron chi connectivity index (χ4n) is 3.42. The third-order valence-electron chi connectivity index (χ3n) is 4.84. The molecule has 4 aromatic carbocycles. The normalized spacial score (nSPS) is 11.0. The Kier molecular flexibility index (Phi) is 4.77. The monoisotopic (exact) mass is 356 g/mol. The van der Waals surface area contributed by atoms with Crippen LogP contribution >= 0.6 is 11.6 Å². The Hall–Kier alpha value is -2.57. The first-order valence-electron chi connectivity index (χ1n) is 9.12. The Balaban J connectivity index is 1.64. The molecule has 0 amide bonds. The van der Waals surface area contributed by atoms with Gasteiger partial charge in [-0.3, -0.25) is 0 Å². The predicted octanol–water partition coefficient (Wildman–Crippen LogP) is 7.78. The summed E-state index contributed by atoms with van der Waals surface area (Å²) in [6, 6.07) is 30.2. The van der Waals surface area contributed by atoms with Crippen molar-refractivity contribution in [3.63, 3.8) is 0 Å². The van der Waals surface area contributed by atoms with Crippen LogP contribution in [0.25, 0.3) is 33.0 Å². The molecule has 1 heteroatoms. The van der Waals surface area contributed by atoms with Gasteiger partial charge < -0.3 is 0 Å². The Bertz CT molecular complexity index is 1030. The van der Waals surface area contributed by atoms with Crippen molar-refractivity contribution in [2.24, 2.45) is 0 Å². The molecule has 128 valence electrons. The Morgan fingerprint density at radius 3 is 1.73 bits per heavy atom. The zero-order valence-corrected chi connectivity index (χ0v) is 15.6.